The highest BCUT2D eigenvalue weighted by molar-refractivity contribution is 7.91. The van der Waals surface area contributed by atoms with Crippen LogP contribution in [-0.2, 0) is 26.2 Å². The Kier molecular flexibility index (Phi) is 6.95. The van der Waals surface area contributed by atoms with Crippen molar-refractivity contribution < 1.29 is 27.5 Å². The summed E-state index contributed by atoms with van der Waals surface area (Å²) in [7, 11) is -3.84. The zero-order valence-corrected chi connectivity index (χ0v) is 18.3. The molecule has 0 fully saturated rings. The Bertz CT molecular complexity index is 1030. The molecule has 9 nitrogen and oxygen atoms in total. The van der Waals surface area contributed by atoms with E-state index in [0.29, 0.717) is 35.3 Å². The molecule has 0 bridgehead atoms. The predicted molar refractivity (Wildman–Crippen MR) is 112 cm³/mol. The van der Waals surface area contributed by atoms with Gasteiger partial charge in [0.25, 0.3) is 10.0 Å². The number of hydrogen-bond acceptors (Lipinski definition) is 7. The normalized spacial score (nSPS) is 13.2. The number of carbonyl (C=O) groups excluding carboxylic acids is 2. The third-order valence-electron chi connectivity index (χ3n) is 4.24. The molecule has 2 aromatic rings. The first-order valence-corrected chi connectivity index (χ1v) is 11.6. The van der Waals surface area contributed by atoms with Crippen LogP contribution >= 0.6 is 11.3 Å². The average Bonchev–Trinajstić information content (AvgIpc) is 3.20. The summed E-state index contributed by atoms with van der Waals surface area (Å²) >= 11 is 1.07. The monoisotopic (exact) mass is 453 g/mol. The first-order chi connectivity index (χ1) is 14.3. The summed E-state index contributed by atoms with van der Waals surface area (Å²) in [6, 6.07) is 8.14. The lowest BCUT2D eigenvalue weighted by Gasteiger charge is -2.20. The van der Waals surface area contributed by atoms with Crippen LogP contribution in [0, 0.1) is 0 Å². The molecule has 1 aliphatic heterocycles. The van der Waals surface area contributed by atoms with Gasteiger partial charge in [-0.3, -0.25) is 9.59 Å². The quantitative estimate of drug-likeness (QED) is 0.630. The van der Waals surface area contributed by atoms with E-state index in [1.807, 2.05) is 0 Å². The van der Waals surface area contributed by atoms with Crippen molar-refractivity contribution in [1.29, 1.82) is 0 Å². The first-order valence-electron chi connectivity index (χ1n) is 9.32. The number of rotatable bonds is 8. The molecule has 1 aromatic carbocycles. The van der Waals surface area contributed by atoms with Crippen molar-refractivity contribution in [2.45, 2.75) is 24.6 Å². The summed E-state index contributed by atoms with van der Waals surface area (Å²) < 4.78 is 38.0. The van der Waals surface area contributed by atoms with E-state index in [0.717, 1.165) is 15.6 Å². The Hall–Kier alpha value is -2.63. The zero-order valence-electron chi connectivity index (χ0n) is 16.6. The van der Waals surface area contributed by atoms with E-state index in [1.165, 1.54) is 13.0 Å². The van der Waals surface area contributed by atoms with E-state index < -0.39 is 15.9 Å². The molecule has 1 aliphatic rings. The topological polar surface area (TPSA) is 114 Å². The number of likely N-dealkylation sites (N-methyl/N-ethyl adjacent to an activating group) is 1. The minimum atomic E-state index is -3.84. The molecule has 0 aliphatic carbocycles. The molecular formula is C19H23N3O6S2. The summed E-state index contributed by atoms with van der Waals surface area (Å²) in [6.45, 7) is 4.02. The predicted octanol–water partition coefficient (Wildman–Crippen LogP) is 1.80. The summed E-state index contributed by atoms with van der Waals surface area (Å²) in [5.41, 5.74) is 0.492. The van der Waals surface area contributed by atoms with Gasteiger partial charge in [-0.25, -0.2) is 8.42 Å². The lowest BCUT2D eigenvalue weighted by atomic mass is 10.2. The second-order valence-corrected chi connectivity index (χ2v) is 9.80. The Morgan fingerprint density at radius 1 is 1.13 bits per heavy atom. The number of fused-ring (bicyclic) bond motifs is 1. The fraction of sp³-hybridized carbons (Fsp3) is 0.368. The van der Waals surface area contributed by atoms with Gasteiger partial charge in [0.1, 0.15) is 17.4 Å². The molecular weight excluding hydrogens is 430 g/mol. The number of amides is 2. The maximum absolute atomic E-state index is 12.9. The van der Waals surface area contributed by atoms with Gasteiger partial charge in [-0.05, 0) is 24.3 Å². The van der Waals surface area contributed by atoms with Crippen molar-refractivity contribution in [2.75, 3.05) is 31.6 Å². The zero-order chi connectivity index (χ0) is 21.7. The van der Waals surface area contributed by atoms with Gasteiger partial charge in [0.2, 0.25) is 11.8 Å². The SMILES string of the molecule is CCN(CC(=O)Nc1ccc2c(c1)OCCO2)S(=O)(=O)c1ccc(CNC(C)=O)s1. The molecule has 2 heterocycles. The smallest absolute Gasteiger partial charge is 0.253 e. The largest absolute Gasteiger partial charge is 0.486 e. The fourth-order valence-electron chi connectivity index (χ4n) is 2.78. The van der Waals surface area contributed by atoms with Crippen LogP contribution in [-0.4, -0.2) is 50.8 Å². The van der Waals surface area contributed by atoms with Crippen LogP contribution < -0.4 is 20.1 Å². The molecule has 0 radical (unpaired) electrons. The maximum atomic E-state index is 12.9. The van der Waals surface area contributed by atoms with Crippen LogP contribution in [0.4, 0.5) is 5.69 Å². The summed E-state index contributed by atoms with van der Waals surface area (Å²) in [4.78, 5) is 24.2. The van der Waals surface area contributed by atoms with Crippen molar-refractivity contribution in [3.05, 3.63) is 35.2 Å². The van der Waals surface area contributed by atoms with E-state index in [-0.39, 0.29) is 29.8 Å². The molecule has 2 N–H and O–H groups in total. The van der Waals surface area contributed by atoms with E-state index in [2.05, 4.69) is 10.6 Å². The van der Waals surface area contributed by atoms with Crippen molar-refractivity contribution in [2.24, 2.45) is 0 Å². The molecule has 162 valence electrons. The van der Waals surface area contributed by atoms with Crippen LogP contribution in [0.2, 0.25) is 0 Å². The van der Waals surface area contributed by atoms with Gasteiger partial charge in [-0.1, -0.05) is 6.92 Å². The van der Waals surface area contributed by atoms with Crippen LogP contribution in [0.25, 0.3) is 0 Å². The maximum Gasteiger partial charge on any atom is 0.253 e. The summed E-state index contributed by atoms with van der Waals surface area (Å²) in [5.74, 6) is 0.472. The third kappa shape index (κ3) is 5.29. The van der Waals surface area contributed by atoms with Crippen LogP contribution in [0.5, 0.6) is 11.5 Å². The average molecular weight is 454 g/mol. The Labute approximate surface area is 179 Å². The van der Waals surface area contributed by atoms with Crippen LogP contribution in [0.15, 0.2) is 34.5 Å². The summed E-state index contributed by atoms with van der Waals surface area (Å²) in [5, 5.41) is 5.32. The lowest BCUT2D eigenvalue weighted by Crippen LogP contribution is -2.37. The second kappa shape index (κ2) is 9.45. The van der Waals surface area contributed by atoms with Gasteiger partial charge in [0.05, 0.1) is 13.1 Å². The lowest BCUT2D eigenvalue weighted by molar-refractivity contribution is -0.119. The molecule has 2 amide bonds. The molecule has 3 rings (SSSR count). The minimum Gasteiger partial charge on any atom is -0.486 e. The minimum absolute atomic E-state index is 0.122. The number of thiophene rings is 1. The van der Waals surface area contributed by atoms with Crippen molar-refractivity contribution in [3.8, 4) is 11.5 Å². The van der Waals surface area contributed by atoms with Crippen LogP contribution in [0.3, 0.4) is 0 Å². The highest BCUT2D eigenvalue weighted by Crippen LogP contribution is 2.32. The molecule has 11 heteroatoms. The van der Waals surface area contributed by atoms with Crippen molar-refractivity contribution in [3.63, 3.8) is 0 Å². The fourth-order valence-corrected chi connectivity index (χ4v) is 5.63. The number of nitrogens with zero attached hydrogens (tertiary/aromatic N) is 1. The number of hydrogen-bond donors (Lipinski definition) is 2. The van der Waals surface area contributed by atoms with E-state index in [4.69, 9.17) is 9.47 Å². The summed E-state index contributed by atoms with van der Waals surface area (Å²) in [6.07, 6.45) is 0. The van der Waals surface area contributed by atoms with Gasteiger partial charge < -0.3 is 20.1 Å². The molecule has 0 spiro atoms. The number of nitrogens with one attached hydrogen (secondary N) is 2. The van der Waals surface area contributed by atoms with Gasteiger partial charge in [-0.15, -0.1) is 11.3 Å². The number of sulfonamides is 1. The number of anilines is 1. The molecule has 0 unspecified atom stereocenters. The Morgan fingerprint density at radius 3 is 2.57 bits per heavy atom. The molecule has 1 aromatic heterocycles. The van der Waals surface area contributed by atoms with Crippen LogP contribution in [0.1, 0.15) is 18.7 Å². The van der Waals surface area contributed by atoms with Gasteiger partial charge >= 0.3 is 0 Å². The van der Waals surface area contributed by atoms with E-state index in [9.17, 15) is 18.0 Å². The molecule has 0 saturated heterocycles. The third-order valence-corrected chi connectivity index (χ3v) is 7.71. The molecule has 0 atom stereocenters. The second-order valence-electron chi connectivity index (χ2n) is 6.47. The number of ether oxygens (including phenoxy) is 2. The van der Waals surface area contributed by atoms with Gasteiger partial charge in [0.15, 0.2) is 11.5 Å². The highest BCUT2D eigenvalue weighted by atomic mass is 32.2. The van der Waals surface area contributed by atoms with Gasteiger partial charge in [0, 0.05) is 30.1 Å². The number of carbonyl (C=O) groups is 2. The van der Waals surface area contributed by atoms with Crippen molar-refractivity contribution in [1.82, 2.24) is 9.62 Å². The number of benzene rings is 1. The van der Waals surface area contributed by atoms with Gasteiger partial charge in [-0.2, -0.15) is 4.31 Å². The van der Waals surface area contributed by atoms with E-state index in [1.54, 1.807) is 31.2 Å². The standard InChI is InChI=1S/C19H23N3O6S2/c1-3-22(30(25,26)19-7-5-15(29-19)11-20-13(2)23)12-18(24)21-14-4-6-16-17(10-14)28-9-8-27-16/h4-7,10H,3,8-9,11-12H2,1-2H3,(H,20,23)(H,21,24). The Morgan fingerprint density at radius 2 is 1.87 bits per heavy atom. The molecule has 0 saturated carbocycles. The first kappa shape index (κ1) is 22.1. The van der Waals surface area contributed by atoms with E-state index >= 15 is 0 Å². The molecule has 30 heavy (non-hydrogen) atoms. The highest BCUT2D eigenvalue weighted by Gasteiger charge is 2.27. The Balaban J connectivity index is 1.66. The van der Waals surface area contributed by atoms with Crippen molar-refractivity contribution >= 4 is 38.9 Å².